The maximum atomic E-state index is 12.7. The van der Waals surface area contributed by atoms with Gasteiger partial charge in [-0.15, -0.1) is 11.3 Å². The molecule has 0 unspecified atom stereocenters. The average molecular weight is 529 g/mol. The minimum atomic E-state index is -0.391. The molecule has 0 bridgehead atoms. The van der Waals surface area contributed by atoms with Crippen LogP contribution in [-0.4, -0.2) is 78.1 Å². The zero-order valence-corrected chi connectivity index (χ0v) is 23.3. The third-order valence-corrected chi connectivity index (χ3v) is 8.39. The molecule has 0 radical (unpaired) electrons. The molecule has 0 saturated heterocycles. The van der Waals surface area contributed by atoms with E-state index in [-0.39, 0.29) is 29.0 Å². The number of rotatable bonds is 6. The van der Waals surface area contributed by atoms with E-state index in [4.69, 9.17) is 26.1 Å². The van der Waals surface area contributed by atoms with E-state index in [9.17, 15) is 4.79 Å². The van der Waals surface area contributed by atoms with E-state index in [1.807, 2.05) is 25.1 Å². The van der Waals surface area contributed by atoms with Crippen LogP contribution in [0.15, 0.2) is 30.5 Å². The van der Waals surface area contributed by atoms with Crippen molar-refractivity contribution in [3.63, 3.8) is 0 Å². The molecule has 3 aromatic heterocycles. The molecule has 1 atom stereocenters. The van der Waals surface area contributed by atoms with Crippen LogP contribution < -0.4 is 15.4 Å². The maximum absolute atomic E-state index is 12.7. The Kier molecular flexibility index (Phi) is 6.71. The van der Waals surface area contributed by atoms with Crippen molar-refractivity contribution >= 4 is 94.8 Å². The van der Waals surface area contributed by atoms with E-state index in [1.165, 1.54) is 11.3 Å². The number of nitrogens with zero attached hydrogens (tertiary/aromatic N) is 3. The smallest absolute Gasteiger partial charge is 0.263 e. The molecule has 0 spiro atoms. The number of anilines is 1. The monoisotopic (exact) mass is 529 g/mol. The lowest BCUT2D eigenvalue weighted by Crippen LogP contribution is -2.48. The summed E-state index contributed by atoms with van der Waals surface area (Å²) in [6.07, 6.45) is 1.62. The number of hydrogen-bond acceptors (Lipinski definition) is 8. The molecular weight excluding hydrogens is 504 g/mol. The van der Waals surface area contributed by atoms with E-state index in [0.717, 1.165) is 26.7 Å². The minimum Gasteiger partial charge on any atom is -0.420 e. The molecule has 1 aliphatic rings. The second kappa shape index (κ2) is 9.56. The summed E-state index contributed by atoms with van der Waals surface area (Å²) in [5, 5.41) is 8.02. The molecule has 5 rings (SSSR count). The average Bonchev–Trinajstić information content (AvgIpc) is 3.14. The lowest BCUT2D eigenvalue weighted by Gasteiger charge is -2.39. The van der Waals surface area contributed by atoms with Crippen LogP contribution in [0, 0.1) is 0 Å². The summed E-state index contributed by atoms with van der Waals surface area (Å²) in [6.45, 7) is 2.90. The quantitative estimate of drug-likeness (QED) is 0.260. The Morgan fingerprint density at radius 1 is 1.16 bits per heavy atom. The molecule has 1 aromatic carbocycles. The van der Waals surface area contributed by atoms with Gasteiger partial charge in [0.15, 0.2) is 0 Å². The van der Waals surface area contributed by atoms with Gasteiger partial charge in [0.25, 0.3) is 5.91 Å². The molecule has 4 heterocycles. The highest BCUT2D eigenvalue weighted by Gasteiger charge is 2.33. The predicted octanol–water partition coefficient (Wildman–Crippen LogP) is -0.361. The van der Waals surface area contributed by atoms with Crippen molar-refractivity contribution in [3.8, 4) is 11.8 Å². The van der Waals surface area contributed by atoms with Crippen LogP contribution in [0.5, 0.6) is 11.8 Å². The standard InChI is InChI=1S/C22H25B5ClN5O3S/c1-9-6-29-16-15-11-2-5-14(32-12(11)3-4-13(15)37-17(16)18(34)31-9)36-19-10(7-30-20(28)33-19)8-35-22(26,27)21(23,24)25/h2-5,7,9,29H,6,8,23-27H2,1H3,(H,31,34)/t9-/m1/s1. The van der Waals surface area contributed by atoms with Gasteiger partial charge in [0.1, 0.15) is 20.6 Å². The lowest BCUT2D eigenvalue weighted by molar-refractivity contribution is 0.0628. The van der Waals surface area contributed by atoms with Gasteiger partial charge in [-0.05, 0) is 42.1 Å². The number of nitrogens with one attached hydrogen (secondary N) is 2. The molecule has 0 fully saturated rings. The fourth-order valence-electron chi connectivity index (χ4n) is 3.90. The number of fused-ring (bicyclic) bond motifs is 5. The van der Waals surface area contributed by atoms with Crippen LogP contribution in [0.3, 0.4) is 0 Å². The van der Waals surface area contributed by atoms with Crippen molar-refractivity contribution < 1.29 is 14.3 Å². The number of aromatic nitrogens is 3. The topological polar surface area (TPSA) is 98.3 Å². The number of carbonyl (C=O) groups is 1. The van der Waals surface area contributed by atoms with E-state index in [2.05, 4.69) is 59.8 Å². The normalized spacial score (nSPS) is 16.2. The van der Waals surface area contributed by atoms with Gasteiger partial charge in [0.2, 0.25) is 17.0 Å². The zero-order valence-electron chi connectivity index (χ0n) is 21.7. The van der Waals surface area contributed by atoms with Crippen molar-refractivity contribution in [2.45, 2.75) is 30.1 Å². The number of hydrogen-bond donors (Lipinski definition) is 2. The first-order chi connectivity index (χ1) is 17.4. The van der Waals surface area contributed by atoms with Crippen molar-refractivity contribution in [1.29, 1.82) is 0 Å². The van der Waals surface area contributed by atoms with Crippen LogP contribution >= 0.6 is 22.9 Å². The zero-order chi connectivity index (χ0) is 26.5. The van der Waals surface area contributed by atoms with Crippen LogP contribution in [0.4, 0.5) is 5.69 Å². The highest BCUT2D eigenvalue weighted by Crippen LogP contribution is 2.41. The van der Waals surface area contributed by atoms with E-state index in [1.54, 1.807) is 12.3 Å². The Morgan fingerprint density at radius 3 is 2.70 bits per heavy atom. The third kappa shape index (κ3) is 5.06. The first-order valence-corrected chi connectivity index (χ1v) is 13.4. The van der Waals surface area contributed by atoms with Crippen molar-refractivity contribution in [1.82, 2.24) is 20.3 Å². The Labute approximate surface area is 228 Å². The van der Waals surface area contributed by atoms with Gasteiger partial charge >= 0.3 is 0 Å². The Balaban J connectivity index is 1.48. The molecule has 184 valence electrons. The first kappa shape index (κ1) is 25.9. The summed E-state index contributed by atoms with van der Waals surface area (Å²) < 4.78 is 13.3. The molecule has 15 heteroatoms. The molecule has 8 nitrogen and oxygen atoms in total. The van der Waals surface area contributed by atoms with Gasteiger partial charge in [-0.25, -0.2) is 9.97 Å². The largest absolute Gasteiger partial charge is 0.420 e. The van der Waals surface area contributed by atoms with E-state index in [0.29, 0.717) is 28.7 Å². The fraction of sp³-hybridized carbons (Fsp3) is 0.273. The van der Waals surface area contributed by atoms with E-state index < -0.39 is 5.40 Å². The van der Waals surface area contributed by atoms with Crippen LogP contribution in [0.2, 0.25) is 10.4 Å². The number of carbonyl (C=O) groups excluding carboxylic acids is 1. The van der Waals surface area contributed by atoms with Crippen molar-refractivity contribution in [3.05, 3.63) is 46.2 Å². The van der Waals surface area contributed by atoms with Gasteiger partial charge in [0.05, 0.1) is 46.9 Å². The summed E-state index contributed by atoms with van der Waals surface area (Å²) in [6, 6.07) is 7.72. The Bertz CT molecular complexity index is 1530. The van der Waals surface area contributed by atoms with E-state index >= 15 is 0 Å². The number of amides is 1. The number of halogens is 1. The van der Waals surface area contributed by atoms with Gasteiger partial charge in [-0.1, -0.05) is 5.11 Å². The summed E-state index contributed by atoms with van der Waals surface area (Å²) in [7, 11) is 10.5. The first-order valence-electron chi connectivity index (χ1n) is 12.2. The summed E-state index contributed by atoms with van der Waals surface area (Å²) in [5.74, 6) is 0.618. The fourth-order valence-corrected chi connectivity index (χ4v) is 5.12. The molecule has 2 N–H and O–H groups in total. The Morgan fingerprint density at radius 2 is 1.95 bits per heavy atom. The SMILES string of the molecule is BC(B)(B)C(B)(B)OCc1cnc(Cl)nc1Oc1ccc2c(ccc3sc4c(c32)NC[C@@H](C)NC4=O)n1. The van der Waals surface area contributed by atoms with Crippen molar-refractivity contribution in [2.24, 2.45) is 0 Å². The maximum Gasteiger partial charge on any atom is 0.263 e. The molecule has 4 aromatic rings. The molecule has 0 saturated carbocycles. The summed E-state index contributed by atoms with van der Waals surface area (Å²) in [4.78, 5) is 26.5. The van der Waals surface area contributed by atoms with Crippen LogP contribution in [-0.2, 0) is 11.3 Å². The van der Waals surface area contributed by atoms with Gasteiger partial charge in [-0.2, -0.15) is 4.98 Å². The van der Waals surface area contributed by atoms with Gasteiger partial charge < -0.3 is 20.1 Å². The number of thiophene rings is 1. The minimum absolute atomic E-state index is 0.0436. The predicted molar refractivity (Wildman–Crippen MR) is 163 cm³/mol. The van der Waals surface area contributed by atoms with Gasteiger partial charge in [0, 0.05) is 40.3 Å². The van der Waals surface area contributed by atoms with Crippen molar-refractivity contribution in [2.75, 3.05) is 11.9 Å². The van der Waals surface area contributed by atoms with Crippen LogP contribution in [0.25, 0.3) is 21.0 Å². The third-order valence-electron chi connectivity index (χ3n) is 7.06. The molecular formula is C22H25B5ClN5O3S. The highest BCUT2D eigenvalue weighted by atomic mass is 35.5. The summed E-state index contributed by atoms with van der Waals surface area (Å²) >= 11 is 7.57. The summed E-state index contributed by atoms with van der Waals surface area (Å²) in [5.41, 5.74) is 2.27. The molecule has 0 aliphatic carbocycles. The molecule has 1 aliphatic heterocycles. The Hall–Kier alpha value is -2.69. The number of pyridine rings is 1. The lowest BCUT2D eigenvalue weighted by atomic mass is 9.28. The van der Waals surface area contributed by atoms with Crippen LogP contribution in [0.1, 0.15) is 22.2 Å². The van der Waals surface area contributed by atoms with Gasteiger partial charge in [-0.3, -0.25) is 4.79 Å². The highest BCUT2D eigenvalue weighted by molar-refractivity contribution is 7.21. The number of benzene rings is 1. The second-order valence-corrected chi connectivity index (χ2v) is 12.2. The molecule has 1 amide bonds. The second-order valence-electron chi connectivity index (χ2n) is 10.8. The molecule has 37 heavy (non-hydrogen) atoms. The number of ether oxygens (including phenoxy) is 2.